The van der Waals surface area contributed by atoms with Crippen molar-refractivity contribution in [3.8, 4) is 0 Å². The Kier molecular flexibility index (Phi) is 7.16. The lowest BCUT2D eigenvalue weighted by atomic mass is 10.1. The Bertz CT molecular complexity index is 269. The van der Waals surface area contributed by atoms with Gasteiger partial charge in [0.05, 0.1) is 0 Å². The Balaban J connectivity index is 2.21. The quantitative estimate of drug-likeness (QED) is 0.561. The van der Waals surface area contributed by atoms with Crippen LogP contribution in [0.2, 0.25) is 0 Å². The summed E-state index contributed by atoms with van der Waals surface area (Å²) < 4.78 is 0. The molecule has 0 aromatic heterocycles. The first-order valence-corrected chi connectivity index (χ1v) is 7.39. The van der Waals surface area contributed by atoms with Gasteiger partial charge in [-0.1, -0.05) is 6.92 Å². The van der Waals surface area contributed by atoms with Crippen molar-refractivity contribution >= 4 is 5.96 Å². The van der Waals surface area contributed by atoms with Gasteiger partial charge in [0.2, 0.25) is 0 Å². The van der Waals surface area contributed by atoms with Gasteiger partial charge in [-0.3, -0.25) is 4.99 Å². The standard InChI is InChI=1S/C14H31N5/c1-12(2)17-14(15-4)16-10-13(3)11-19-8-6-18(5)7-9-19/h12-13H,6-11H2,1-5H3,(H2,15,16,17). The Hall–Kier alpha value is -0.810. The van der Waals surface area contributed by atoms with E-state index >= 15 is 0 Å². The van der Waals surface area contributed by atoms with Crippen molar-refractivity contribution in [1.29, 1.82) is 0 Å². The van der Waals surface area contributed by atoms with Gasteiger partial charge in [-0.15, -0.1) is 0 Å². The molecule has 1 aliphatic heterocycles. The van der Waals surface area contributed by atoms with Crippen LogP contribution in [-0.4, -0.2) is 75.2 Å². The molecular weight excluding hydrogens is 238 g/mol. The van der Waals surface area contributed by atoms with Crippen LogP contribution in [-0.2, 0) is 0 Å². The summed E-state index contributed by atoms with van der Waals surface area (Å²) in [4.78, 5) is 9.19. The molecule has 0 aromatic rings. The summed E-state index contributed by atoms with van der Waals surface area (Å²) in [6.45, 7) is 13.5. The normalized spacial score (nSPS) is 20.6. The third kappa shape index (κ3) is 6.78. The van der Waals surface area contributed by atoms with E-state index in [1.165, 1.54) is 32.7 Å². The van der Waals surface area contributed by atoms with Crippen LogP contribution in [0.4, 0.5) is 0 Å². The van der Waals surface area contributed by atoms with Gasteiger partial charge in [0, 0.05) is 52.4 Å². The van der Waals surface area contributed by atoms with Crippen molar-refractivity contribution in [3.05, 3.63) is 0 Å². The molecular formula is C14H31N5. The van der Waals surface area contributed by atoms with Crippen LogP contribution in [0, 0.1) is 5.92 Å². The van der Waals surface area contributed by atoms with Gasteiger partial charge in [-0.25, -0.2) is 0 Å². The maximum atomic E-state index is 4.23. The van der Waals surface area contributed by atoms with Gasteiger partial charge in [-0.05, 0) is 26.8 Å². The molecule has 1 saturated heterocycles. The summed E-state index contributed by atoms with van der Waals surface area (Å²) in [7, 11) is 4.02. The molecule has 1 heterocycles. The Morgan fingerprint density at radius 2 is 1.79 bits per heavy atom. The minimum atomic E-state index is 0.416. The van der Waals surface area contributed by atoms with Crippen molar-refractivity contribution in [2.24, 2.45) is 10.9 Å². The predicted octanol–water partition coefficient (Wildman–Crippen LogP) is 0.443. The highest BCUT2D eigenvalue weighted by atomic mass is 15.2. The van der Waals surface area contributed by atoms with E-state index in [4.69, 9.17) is 0 Å². The molecule has 0 radical (unpaired) electrons. The van der Waals surface area contributed by atoms with E-state index in [2.05, 4.69) is 53.2 Å². The highest BCUT2D eigenvalue weighted by molar-refractivity contribution is 5.79. The predicted molar refractivity (Wildman–Crippen MR) is 82.7 cm³/mol. The van der Waals surface area contributed by atoms with Crippen molar-refractivity contribution in [1.82, 2.24) is 20.4 Å². The average Bonchev–Trinajstić information content (AvgIpc) is 2.37. The molecule has 0 aliphatic carbocycles. The number of hydrogen-bond donors (Lipinski definition) is 2. The van der Waals surface area contributed by atoms with Crippen LogP contribution in [0.3, 0.4) is 0 Å². The molecule has 1 atom stereocenters. The van der Waals surface area contributed by atoms with Crippen LogP contribution in [0.25, 0.3) is 0 Å². The Morgan fingerprint density at radius 3 is 2.32 bits per heavy atom. The summed E-state index contributed by atoms with van der Waals surface area (Å²) in [5.41, 5.74) is 0. The number of guanidine groups is 1. The second-order valence-electron chi connectivity index (χ2n) is 5.96. The first-order chi connectivity index (χ1) is 9.01. The molecule has 1 aliphatic rings. The maximum Gasteiger partial charge on any atom is 0.191 e. The van der Waals surface area contributed by atoms with Crippen molar-refractivity contribution in [3.63, 3.8) is 0 Å². The van der Waals surface area contributed by atoms with Crippen molar-refractivity contribution in [2.45, 2.75) is 26.8 Å². The number of nitrogens with zero attached hydrogens (tertiary/aromatic N) is 3. The van der Waals surface area contributed by atoms with E-state index in [1.807, 2.05) is 7.05 Å². The van der Waals surface area contributed by atoms with Crippen LogP contribution in [0.1, 0.15) is 20.8 Å². The molecule has 5 heteroatoms. The monoisotopic (exact) mass is 269 g/mol. The maximum absolute atomic E-state index is 4.23. The molecule has 0 spiro atoms. The number of piperazine rings is 1. The van der Waals surface area contributed by atoms with Crippen LogP contribution in [0.5, 0.6) is 0 Å². The molecule has 112 valence electrons. The SMILES string of the molecule is CN=C(NCC(C)CN1CCN(C)CC1)NC(C)C. The van der Waals surface area contributed by atoms with Gasteiger partial charge in [-0.2, -0.15) is 0 Å². The minimum absolute atomic E-state index is 0.416. The zero-order chi connectivity index (χ0) is 14.3. The van der Waals surface area contributed by atoms with E-state index < -0.39 is 0 Å². The second kappa shape index (κ2) is 8.38. The molecule has 19 heavy (non-hydrogen) atoms. The van der Waals surface area contributed by atoms with Crippen LogP contribution < -0.4 is 10.6 Å². The van der Waals surface area contributed by atoms with Gasteiger partial charge in [0.25, 0.3) is 0 Å². The lowest BCUT2D eigenvalue weighted by molar-refractivity contribution is 0.139. The van der Waals surface area contributed by atoms with Gasteiger partial charge in [0.15, 0.2) is 5.96 Å². The summed E-state index contributed by atoms with van der Waals surface area (Å²) in [5.74, 6) is 1.54. The zero-order valence-corrected chi connectivity index (χ0v) is 13.2. The summed E-state index contributed by atoms with van der Waals surface area (Å²) in [5, 5.41) is 6.71. The fourth-order valence-corrected chi connectivity index (χ4v) is 2.27. The average molecular weight is 269 g/mol. The summed E-state index contributed by atoms with van der Waals surface area (Å²) >= 11 is 0. The highest BCUT2D eigenvalue weighted by Gasteiger charge is 2.16. The van der Waals surface area contributed by atoms with Crippen LogP contribution in [0.15, 0.2) is 4.99 Å². The van der Waals surface area contributed by atoms with E-state index in [1.54, 1.807) is 0 Å². The summed E-state index contributed by atoms with van der Waals surface area (Å²) in [6.07, 6.45) is 0. The smallest absolute Gasteiger partial charge is 0.191 e. The number of aliphatic imine (C=N–C) groups is 1. The van der Waals surface area contributed by atoms with Gasteiger partial charge < -0.3 is 20.4 Å². The molecule has 0 saturated carbocycles. The third-order valence-corrected chi connectivity index (χ3v) is 3.43. The zero-order valence-electron chi connectivity index (χ0n) is 13.2. The first-order valence-electron chi connectivity index (χ1n) is 7.39. The molecule has 1 unspecified atom stereocenters. The molecule has 0 amide bonds. The van der Waals surface area contributed by atoms with Crippen molar-refractivity contribution < 1.29 is 0 Å². The molecule has 0 bridgehead atoms. The third-order valence-electron chi connectivity index (χ3n) is 3.43. The number of hydrogen-bond acceptors (Lipinski definition) is 3. The number of likely N-dealkylation sites (N-methyl/N-ethyl adjacent to an activating group) is 1. The van der Waals surface area contributed by atoms with E-state index in [-0.39, 0.29) is 0 Å². The number of nitrogens with one attached hydrogen (secondary N) is 2. The topological polar surface area (TPSA) is 42.9 Å². The molecule has 1 fully saturated rings. The van der Waals surface area contributed by atoms with E-state index in [0.717, 1.165) is 12.5 Å². The van der Waals surface area contributed by atoms with E-state index in [9.17, 15) is 0 Å². The van der Waals surface area contributed by atoms with Crippen LogP contribution >= 0.6 is 0 Å². The summed E-state index contributed by atoms with van der Waals surface area (Å²) in [6, 6.07) is 0.416. The molecule has 5 nitrogen and oxygen atoms in total. The van der Waals surface area contributed by atoms with E-state index in [0.29, 0.717) is 12.0 Å². The fraction of sp³-hybridized carbons (Fsp3) is 0.929. The minimum Gasteiger partial charge on any atom is -0.356 e. The van der Waals surface area contributed by atoms with Gasteiger partial charge >= 0.3 is 0 Å². The largest absolute Gasteiger partial charge is 0.356 e. The Labute approximate surface area is 118 Å². The first kappa shape index (κ1) is 16.2. The highest BCUT2D eigenvalue weighted by Crippen LogP contribution is 2.03. The Morgan fingerprint density at radius 1 is 1.16 bits per heavy atom. The molecule has 2 N–H and O–H groups in total. The molecule has 0 aromatic carbocycles. The van der Waals surface area contributed by atoms with Crippen molar-refractivity contribution in [2.75, 3.05) is 53.4 Å². The second-order valence-corrected chi connectivity index (χ2v) is 5.96. The lowest BCUT2D eigenvalue weighted by Gasteiger charge is -2.34. The molecule has 1 rings (SSSR count). The lowest BCUT2D eigenvalue weighted by Crippen LogP contribution is -2.48. The van der Waals surface area contributed by atoms with Gasteiger partial charge in [0.1, 0.15) is 0 Å². The fourth-order valence-electron chi connectivity index (χ4n) is 2.27. The number of rotatable bonds is 5.